The zero-order chi connectivity index (χ0) is 28.7. The topological polar surface area (TPSA) is 119 Å². The van der Waals surface area contributed by atoms with Gasteiger partial charge in [0, 0.05) is 12.3 Å². The minimum atomic E-state index is -5.11. The minimum Gasteiger partial charge on any atom is -0.406 e. The van der Waals surface area contributed by atoms with Gasteiger partial charge in [-0.15, -0.1) is 13.2 Å². The second-order valence-corrected chi connectivity index (χ2v) is 12.6. The van der Waals surface area contributed by atoms with Gasteiger partial charge in [0.1, 0.15) is 11.4 Å². The summed E-state index contributed by atoms with van der Waals surface area (Å²) in [5.74, 6) is -1.99. The predicted octanol–water partition coefficient (Wildman–Crippen LogP) is 4.21. The third-order valence-electron chi connectivity index (χ3n) is 5.65. The van der Waals surface area contributed by atoms with Crippen LogP contribution in [0.3, 0.4) is 0 Å². The Bertz CT molecular complexity index is 1430. The lowest BCUT2D eigenvalue weighted by Gasteiger charge is -2.34. The van der Waals surface area contributed by atoms with E-state index in [0.717, 1.165) is 18.2 Å². The first-order chi connectivity index (χ1) is 17.2. The summed E-state index contributed by atoms with van der Waals surface area (Å²) in [5.41, 5.74) is -2.23. The molecule has 1 amide bonds. The Morgan fingerprint density at radius 1 is 1.03 bits per heavy atom. The third kappa shape index (κ3) is 6.54. The summed E-state index contributed by atoms with van der Waals surface area (Å²) in [4.78, 5) is 15.0. The quantitative estimate of drug-likeness (QED) is 0.499. The molecule has 1 aromatic heterocycles. The Balaban J connectivity index is 1.76. The Hall–Kier alpha value is -2.95. The number of carbonyl (C=O) groups is 1. The number of amides is 1. The van der Waals surface area contributed by atoms with Crippen molar-refractivity contribution in [3.63, 3.8) is 0 Å². The van der Waals surface area contributed by atoms with E-state index >= 15 is 4.39 Å². The first-order valence-corrected chi connectivity index (χ1v) is 14.0. The number of benzene rings is 1. The number of ether oxygens (including phenoxy) is 1. The molecule has 8 nitrogen and oxygen atoms in total. The molecule has 1 fully saturated rings. The molecule has 2 aromatic rings. The maximum absolute atomic E-state index is 15.6. The summed E-state index contributed by atoms with van der Waals surface area (Å²) in [6, 6.07) is 3.37. The van der Waals surface area contributed by atoms with Gasteiger partial charge in [-0.2, -0.15) is 13.2 Å². The van der Waals surface area contributed by atoms with Crippen LogP contribution in [0.4, 0.5) is 30.7 Å². The van der Waals surface area contributed by atoms with Crippen molar-refractivity contribution in [2.24, 2.45) is 0 Å². The Kier molecular flexibility index (Phi) is 7.77. The molecule has 0 aliphatic heterocycles. The predicted molar refractivity (Wildman–Crippen MR) is 116 cm³/mol. The van der Waals surface area contributed by atoms with Gasteiger partial charge in [0.05, 0.1) is 10.5 Å². The van der Waals surface area contributed by atoms with Gasteiger partial charge in [-0.3, -0.25) is 4.79 Å². The first-order valence-electron chi connectivity index (χ1n) is 10.6. The van der Waals surface area contributed by atoms with Gasteiger partial charge in [-0.1, -0.05) is 6.07 Å². The second kappa shape index (κ2) is 9.98. The van der Waals surface area contributed by atoms with E-state index in [0.29, 0.717) is 24.5 Å². The molecule has 1 N–H and O–H groups in total. The Labute approximate surface area is 212 Å². The Morgan fingerprint density at radius 2 is 1.63 bits per heavy atom. The maximum atomic E-state index is 15.6. The fourth-order valence-electron chi connectivity index (χ4n) is 3.83. The van der Waals surface area contributed by atoms with Gasteiger partial charge in [0.25, 0.3) is 5.91 Å². The van der Waals surface area contributed by atoms with Crippen molar-refractivity contribution in [2.75, 3.05) is 6.26 Å². The first kappa shape index (κ1) is 29.6. The molecule has 0 saturated heterocycles. The number of hydrogen-bond donors (Lipinski definition) is 1. The molecular formula is C21H19F7N2O6S2. The van der Waals surface area contributed by atoms with E-state index in [1.165, 1.54) is 0 Å². The van der Waals surface area contributed by atoms with Crippen LogP contribution in [0.15, 0.2) is 46.3 Å². The summed E-state index contributed by atoms with van der Waals surface area (Å²) >= 11 is 0. The van der Waals surface area contributed by atoms with E-state index in [1.54, 1.807) is 0 Å². The van der Waals surface area contributed by atoms with Crippen molar-refractivity contribution in [1.82, 2.24) is 10.3 Å². The lowest BCUT2D eigenvalue weighted by atomic mass is 9.93. The highest BCUT2D eigenvalue weighted by atomic mass is 32.2. The summed E-state index contributed by atoms with van der Waals surface area (Å²) in [6.07, 6.45) is -11.5. The van der Waals surface area contributed by atoms with Gasteiger partial charge in [0.15, 0.2) is 14.9 Å². The molecule has 1 aliphatic carbocycles. The molecule has 0 atom stereocenters. The molecule has 0 unspecified atom stereocenters. The fourth-order valence-corrected chi connectivity index (χ4v) is 6.38. The number of aromatic nitrogens is 1. The minimum absolute atomic E-state index is 0.289. The average Bonchev–Trinajstić information content (AvgIpc) is 2.78. The molecule has 0 spiro atoms. The number of sulfone groups is 2. The summed E-state index contributed by atoms with van der Waals surface area (Å²) < 4.78 is 145. The number of hydrogen-bond acceptors (Lipinski definition) is 7. The van der Waals surface area contributed by atoms with E-state index in [9.17, 15) is 48.0 Å². The molecule has 210 valence electrons. The maximum Gasteiger partial charge on any atom is 0.573 e. The molecule has 17 heteroatoms. The van der Waals surface area contributed by atoms with Crippen LogP contribution in [0.25, 0.3) is 0 Å². The standard InChI is InChI=1S/C21H19F7N2O6S2/c1-37(32,33)18-15(5-6-16(30-18)20(23,24)25)17(31)29-12-7-9-19(22,10-8-12)38(34,35)14-4-2-3-13(11-14)36-21(26,27)28/h2-6,11-12H,7-10H2,1H3,(H,29,31). The summed E-state index contributed by atoms with van der Waals surface area (Å²) in [5, 5.41) is -1.69. The van der Waals surface area contributed by atoms with Crippen molar-refractivity contribution in [3.8, 4) is 5.75 Å². The number of nitrogens with zero attached hydrogens (tertiary/aromatic N) is 1. The van der Waals surface area contributed by atoms with Gasteiger partial charge < -0.3 is 10.1 Å². The van der Waals surface area contributed by atoms with Crippen LogP contribution in [0.5, 0.6) is 5.75 Å². The Morgan fingerprint density at radius 3 is 2.16 bits per heavy atom. The zero-order valence-electron chi connectivity index (χ0n) is 19.2. The highest BCUT2D eigenvalue weighted by Crippen LogP contribution is 2.41. The molecule has 3 rings (SSSR count). The van der Waals surface area contributed by atoms with Crippen LogP contribution in [0.1, 0.15) is 41.7 Å². The molecule has 38 heavy (non-hydrogen) atoms. The summed E-state index contributed by atoms with van der Waals surface area (Å²) in [6.45, 7) is 0. The van der Waals surface area contributed by atoms with Crippen LogP contribution in [-0.2, 0) is 25.9 Å². The lowest BCUT2D eigenvalue weighted by Crippen LogP contribution is -2.45. The number of halogens is 7. The normalized spacial score (nSPS) is 21.1. The van der Waals surface area contributed by atoms with E-state index in [4.69, 9.17) is 0 Å². The lowest BCUT2D eigenvalue weighted by molar-refractivity contribution is -0.274. The van der Waals surface area contributed by atoms with Crippen molar-refractivity contribution < 1.29 is 57.1 Å². The molecule has 1 aliphatic rings. The van der Waals surface area contributed by atoms with Crippen LogP contribution in [0, 0.1) is 0 Å². The highest BCUT2D eigenvalue weighted by Gasteiger charge is 2.48. The average molecular weight is 593 g/mol. The van der Waals surface area contributed by atoms with Crippen LogP contribution < -0.4 is 10.1 Å². The van der Waals surface area contributed by atoms with E-state index in [2.05, 4.69) is 15.0 Å². The van der Waals surface area contributed by atoms with E-state index in [-0.39, 0.29) is 12.8 Å². The third-order valence-corrected chi connectivity index (χ3v) is 8.90. The fraction of sp³-hybridized carbons (Fsp3) is 0.429. The molecule has 0 bridgehead atoms. The number of alkyl halides is 7. The summed E-state index contributed by atoms with van der Waals surface area (Å²) in [7, 11) is -9.19. The molecular weight excluding hydrogens is 573 g/mol. The number of pyridine rings is 1. The number of rotatable bonds is 6. The van der Waals surface area contributed by atoms with Crippen molar-refractivity contribution in [2.45, 2.75) is 59.2 Å². The van der Waals surface area contributed by atoms with Gasteiger partial charge in [0.2, 0.25) is 14.8 Å². The SMILES string of the molecule is CS(=O)(=O)c1nc(C(F)(F)F)ccc1C(=O)NC1CCC(F)(S(=O)(=O)c2cccc(OC(F)(F)F)c2)CC1. The van der Waals surface area contributed by atoms with Gasteiger partial charge in [-0.25, -0.2) is 26.2 Å². The highest BCUT2D eigenvalue weighted by molar-refractivity contribution is 7.92. The second-order valence-electron chi connectivity index (χ2n) is 8.48. The monoisotopic (exact) mass is 592 g/mol. The smallest absolute Gasteiger partial charge is 0.406 e. The van der Waals surface area contributed by atoms with Gasteiger partial charge in [-0.05, 0) is 56.0 Å². The van der Waals surface area contributed by atoms with E-state index < -0.39 is 88.9 Å². The van der Waals surface area contributed by atoms with Crippen molar-refractivity contribution in [3.05, 3.63) is 47.7 Å². The molecule has 1 saturated carbocycles. The van der Waals surface area contributed by atoms with Crippen molar-refractivity contribution in [1.29, 1.82) is 0 Å². The van der Waals surface area contributed by atoms with Crippen LogP contribution in [-0.4, -0.2) is 51.4 Å². The number of nitrogens with one attached hydrogen (secondary N) is 1. The molecule has 1 aromatic carbocycles. The molecule has 1 heterocycles. The number of carbonyl (C=O) groups excluding carboxylic acids is 1. The van der Waals surface area contributed by atoms with Gasteiger partial charge >= 0.3 is 12.5 Å². The molecule has 0 radical (unpaired) electrons. The largest absolute Gasteiger partial charge is 0.573 e. The van der Waals surface area contributed by atoms with Crippen LogP contribution >= 0.6 is 0 Å². The van der Waals surface area contributed by atoms with E-state index in [1.807, 2.05) is 0 Å². The zero-order valence-corrected chi connectivity index (χ0v) is 20.9. The van der Waals surface area contributed by atoms with Crippen LogP contribution in [0.2, 0.25) is 0 Å². The van der Waals surface area contributed by atoms with Crippen molar-refractivity contribution >= 4 is 25.6 Å².